The number of amides is 1. The lowest BCUT2D eigenvalue weighted by Crippen LogP contribution is -2.43. The first kappa shape index (κ1) is 16.1. The monoisotopic (exact) mass is 456 g/mol. The van der Waals surface area contributed by atoms with Crippen LogP contribution in [-0.2, 0) is 6.42 Å². The highest BCUT2D eigenvalue weighted by Gasteiger charge is 2.39. The third kappa shape index (κ3) is 2.26. The number of hydrogen-bond acceptors (Lipinski definition) is 2. The van der Waals surface area contributed by atoms with Crippen molar-refractivity contribution in [3.8, 4) is 0 Å². The summed E-state index contributed by atoms with van der Waals surface area (Å²) in [6.45, 7) is 0.699. The molecule has 0 saturated carbocycles. The highest BCUT2D eigenvalue weighted by molar-refractivity contribution is 14.1. The number of rotatable bonds is 1. The van der Waals surface area contributed by atoms with Gasteiger partial charge in [0, 0.05) is 27.5 Å². The molecule has 0 N–H and O–H groups in total. The molecule has 1 unspecified atom stereocenters. The molecule has 2 aliphatic rings. The Bertz CT molecular complexity index is 1070. The van der Waals surface area contributed by atoms with Crippen LogP contribution in [0.25, 0.3) is 10.9 Å². The average Bonchev–Trinajstić information content (AvgIpc) is 3.00. The van der Waals surface area contributed by atoms with Crippen molar-refractivity contribution >= 4 is 45.3 Å². The van der Waals surface area contributed by atoms with E-state index in [0.717, 1.165) is 32.2 Å². The SMILES string of the molecule is O=C(c1cccc(I)c1)N1CCc2c3n(c4ccccc24)C(=O)CCC31. The molecule has 0 bridgehead atoms. The Morgan fingerprint density at radius 1 is 1.08 bits per heavy atom. The van der Waals surface area contributed by atoms with E-state index < -0.39 is 0 Å². The molecule has 0 fully saturated rings. The molecule has 130 valence electrons. The van der Waals surface area contributed by atoms with Crippen molar-refractivity contribution in [2.24, 2.45) is 0 Å². The molecule has 2 aliphatic heterocycles. The zero-order valence-electron chi connectivity index (χ0n) is 14.1. The maximum Gasteiger partial charge on any atom is 0.254 e. The molecule has 26 heavy (non-hydrogen) atoms. The molecule has 3 heterocycles. The van der Waals surface area contributed by atoms with Gasteiger partial charge >= 0.3 is 0 Å². The second kappa shape index (κ2) is 5.94. The van der Waals surface area contributed by atoms with Crippen LogP contribution in [0.2, 0.25) is 0 Å². The van der Waals surface area contributed by atoms with Gasteiger partial charge in [0.15, 0.2) is 0 Å². The first-order valence-electron chi connectivity index (χ1n) is 8.87. The van der Waals surface area contributed by atoms with E-state index in [0.29, 0.717) is 19.4 Å². The van der Waals surface area contributed by atoms with Gasteiger partial charge in [-0.3, -0.25) is 14.2 Å². The summed E-state index contributed by atoms with van der Waals surface area (Å²) in [5.41, 5.74) is 3.98. The number of carbonyl (C=O) groups is 2. The summed E-state index contributed by atoms with van der Waals surface area (Å²) < 4.78 is 2.92. The molecule has 5 rings (SSSR count). The van der Waals surface area contributed by atoms with Gasteiger partial charge in [0.25, 0.3) is 5.91 Å². The van der Waals surface area contributed by atoms with Gasteiger partial charge in [0.1, 0.15) is 0 Å². The van der Waals surface area contributed by atoms with Gasteiger partial charge in [-0.15, -0.1) is 0 Å². The Morgan fingerprint density at radius 3 is 2.77 bits per heavy atom. The molecule has 3 aromatic rings. The van der Waals surface area contributed by atoms with Crippen molar-refractivity contribution in [1.82, 2.24) is 9.47 Å². The van der Waals surface area contributed by atoms with E-state index in [1.165, 1.54) is 5.56 Å². The van der Waals surface area contributed by atoms with E-state index in [1.54, 1.807) is 0 Å². The summed E-state index contributed by atoms with van der Waals surface area (Å²) in [6, 6.07) is 15.8. The van der Waals surface area contributed by atoms with E-state index in [4.69, 9.17) is 0 Å². The van der Waals surface area contributed by atoms with Crippen molar-refractivity contribution in [2.75, 3.05) is 6.54 Å². The molecule has 0 spiro atoms. The molecule has 5 heteroatoms. The average molecular weight is 456 g/mol. The Kier molecular flexibility index (Phi) is 3.67. The Labute approximate surface area is 164 Å². The Balaban J connectivity index is 1.65. The van der Waals surface area contributed by atoms with Crippen LogP contribution in [0.15, 0.2) is 48.5 Å². The maximum atomic E-state index is 13.2. The van der Waals surface area contributed by atoms with Crippen LogP contribution in [0.4, 0.5) is 0 Å². The van der Waals surface area contributed by atoms with E-state index in [9.17, 15) is 9.59 Å². The normalized spacial score (nSPS) is 18.9. The summed E-state index contributed by atoms with van der Waals surface area (Å²) in [6.07, 6.45) is 1.98. The lowest BCUT2D eigenvalue weighted by molar-refractivity contribution is 0.0593. The van der Waals surface area contributed by atoms with Gasteiger partial charge in [-0.2, -0.15) is 0 Å². The molecule has 4 nitrogen and oxygen atoms in total. The Hall–Kier alpha value is -2.15. The van der Waals surface area contributed by atoms with E-state index in [2.05, 4.69) is 28.7 Å². The maximum absolute atomic E-state index is 13.2. The highest BCUT2D eigenvalue weighted by atomic mass is 127. The molecule has 2 aromatic carbocycles. The summed E-state index contributed by atoms with van der Waals surface area (Å²) >= 11 is 2.23. The first-order valence-corrected chi connectivity index (χ1v) is 9.95. The van der Waals surface area contributed by atoms with E-state index >= 15 is 0 Å². The molecule has 0 saturated heterocycles. The van der Waals surface area contributed by atoms with Crippen molar-refractivity contribution in [1.29, 1.82) is 0 Å². The second-order valence-corrected chi connectivity index (χ2v) is 8.17. The number of aromatic nitrogens is 1. The first-order chi connectivity index (χ1) is 12.6. The third-order valence-electron chi connectivity index (χ3n) is 5.53. The lowest BCUT2D eigenvalue weighted by atomic mass is 9.91. The van der Waals surface area contributed by atoms with Gasteiger partial charge in [0.2, 0.25) is 5.91 Å². The molecule has 1 aromatic heterocycles. The van der Waals surface area contributed by atoms with Gasteiger partial charge < -0.3 is 4.90 Å². The third-order valence-corrected chi connectivity index (χ3v) is 6.20. The minimum absolute atomic E-state index is 0.0192. The minimum Gasteiger partial charge on any atom is -0.330 e. The van der Waals surface area contributed by atoms with Crippen LogP contribution in [0.3, 0.4) is 0 Å². The fourth-order valence-corrected chi connectivity index (χ4v) is 4.98. The van der Waals surface area contributed by atoms with Crippen LogP contribution in [0.5, 0.6) is 0 Å². The second-order valence-electron chi connectivity index (χ2n) is 6.92. The summed E-state index contributed by atoms with van der Waals surface area (Å²) in [4.78, 5) is 27.8. The number of hydrogen-bond donors (Lipinski definition) is 0. The van der Waals surface area contributed by atoms with Crippen LogP contribution >= 0.6 is 22.6 Å². The van der Waals surface area contributed by atoms with Crippen LogP contribution in [-0.4, -0.2) is 27.8 Å². The van der Waals surface area contributed by atoms with E-state index in [-0.39, 0.29) is 17.9 Å². The highest BCUT2D eigenvalue weighted by Crippen LogP contribution is 2.42. The molecule has 1 atom stereocenters. The summed E-state index contributed by atoms with van der Waals surface area (Å²) in [5, 5.41) is 1.16. The number of benzene rings is 2. The predicted octanol–water partition coefficient (Wildman–Crippen LogP) is 4.42. The van der Waals surface area contributed by atoms with Crippen molar-refractivity contribution in [3.63, 3.8) is 0 Å². The molecular weight excluding hydrogens is 439 g/mol. The smallest absolute Gasteiger partial charge is 0.254 e. The number of halogens is 1. The molecular formula is C21H17IN2O2. The number of para-hydroxylation sites is 1. The summed E-state index contributed by atoms with van der Waals surface area (Å²) in [5.74, 6) is 0.201. The van der Waals surface area contributed by atoms with Gasteiger partial charge in [0.05, 0.1) is 17.3 Å². The molecule has 1 amide bonds. The number of fused-ring (bicyclic) bond motifs is 3. The van der Waals surface area contributed by atoms with Gasteiger partial charge in [-0.05, 0) is 65.3 Å². The van der Waals surface area contributed by atoms with Crippen LogP contribution in [0.1, 0.15) is 45.3 Å². The number of carbonyl (C=O) groups excluding carboxylic acids is 2. The quantitative estimate of drug-likeness (QED) is 0.509. The standard InChI is InChI=1S/C21H17IN2O2/c22-14-5-3-4-13(12-14)21(26)23-11-10-16-15-6-1-2-7-17(15)24-19(25)9-8-18(23)20(16)24/h1-7,12,18H,8-11H2. The lowest BCUT2D eigenvalue weighted by Gasteiger charge is -2.39. The fourth-order valence-electron chi connectivity index (χ4n) is 4.44. The molecule has 0 radical (unpaired) electrons. The minimum atomic E-state index is -0.0192. The van der Waals surface area contributed by atoms with Crippen molar-refractivity contribution < 1.29 is 9.59 Å². The van der Waals surface area contributed by atoms with Crippen LogP contribution < -0.4 is 0 Å². The van der Waals surface area contributed by atoms with E-state index in [1.807, 2.05) is 51.9 Å². The topological polar surface area (TPSA) is 42.3 Å². The van der Waals surface area contributed by atoms with Gasteiger partial charge in [-0.25, -0.2) is 0 Å². The zero-order valence-corrected chi connectivity index (χ0v) is 16.3. The predicted molar refractivity (Wildman–Crippen MR) is 108 cm³/mol. The fraction of sp³-hybridized carbons (Fsp3) is 0.238. The Morgan fingerprint density at radius 2 is 1.92 bits per heavy atom. The van der Waals surface area contributed by atoms with Crippen molar-refractivity contribution in [2.45, 2.75) is 25.3 Å². The zero-order chi connectivity index (χ0) is 17.8. The molecule has 0 aliphatic carbocycles. The number of nitrogens with zero attached hydrogens (tertiary/aromatic N) is 2. The largest absolute Gasteiger partial charge is 0.330 e. The van der Waals surface area contributed by atoms with Crippen LogP contribution in [0, 0.1) is 3.57 Å². The van der Waals surface area contributed by atoms with Gasteiger partial charge in [-0.1, -0.05) is 24.3 Å². The summed E-state index contributed by atoms with van der Waals surface area (Å²) in [7, 11) is 0. The van der Waals surface area contributed by atoms with Crippen molar-refractivity contribution in [3.05, 3.63) is 68.9 Å².